The van der Waals surface area contributed by atoms with Crippen LogP contribution in [0.25, 0.3) is 93.6 Å². The van der Waals surface area contributed by atoms with E-state index in [-0.39, 0.29) is 16.2 Å². The summed E-state index contributed by atoms with van der Waals surface area (Å²) in [6, 6.07) is 61.9. The molecule has 0 aliphatic carbocycles. The van der Waals surface area contributed by atoms with Gasteiger partial charge in [-0.25, -0.2) is 0 Å². The van der Waals surface area contributed by atoms with Gasteiger partial charge in [0, 0.05) is 37.9 Å². The Hall–Kier alpha value is -7.86. The first-order chi connectivity index (χ1) is 32.1. The molecule has 3 aromatic heterocycles. The van der Waals surface area contributed by atoms with Crippen LogP contribution in [-0.4, -0.2) is 13.7 Å². The van der Waals surface area contributed by atoms with Crippen molar-refractivity contribution >= 4 is 65.4 Å². The lowest BCUT2D eigenvalue weighted by molar-refractivity contribution is 0.590. The van der Waals surface area contributed by atoms with Gasteiger partial charge in [0.15, 0.2) is 0 Å². The summed E-state index contributed by atoms with van der Waals surface area (Å²) in [5, 5.41) is 30.9. The number of benzene rings is 8. The minimum atomic E-state index is -0.114. The van der Waals surface area contributed by atoms with Crippen molar-refractivity contribution in [2.75, 3.05) is 0 Å². The average Bonchev–Trinajstić information content (AvgIpc) is 3.95. The van der Waals surface area contributed by atoms with Gasteiger partial charge in [-0.2, -0.15) is 10.5 Å². The molecule has 0 amide bonds. The van der Waals surface area contributed by atoms with E-state index < -0.39 is 0 Å². The fourth-order valence-electron chi connectivity index (χ4n) is 10.5. The van der Waals surface area contributed by atoms with Crippen LogP contribution in [0.3, 0.4) is 0 Å². The van der Waals surface area contributed by atoms with Crippen LogP contribution in [-0.2, 0) is 16.2 Å². The Morgan fingerprint density at radius 3 is 0.955 bits per heavy atom. The molecule has 0 saturated carbocycles. The van der Waals surface area contributed by atoms with Crippen LogP contribution in [0.2, 0.25) is 0 Å². The van der Waals surface area contributed by atoms with Crippen molar-refractivity contribution in [1.82, 2.24) is 13.7 Å². The van der Waals surface area contributed by atoms with Crippen LogP contribution in [0.15, 0.2) is 158 Å². The summed E-state index contributed by atoms with van der Waals surface area (Å²) in [4.78, 5) is 0. The van der Waals surface area contributed by atoms with E-state index in [1.54, 1.807) is 0 Å². The van der Waals surface area contributed by atoms with Crippen LogP contribution in [0.5, 0.6) is 0 Å². The van der Waals surface area contributed by atoms with E-state index in [2.05, 4.69) is 246 Å². The Balaban J connectivity index is 1.45. The highest BCUT2D eigenvalue weighted by Gasteiger charge is 2.34. The van der Waals surface area contributed by atoms with E-state index in [0.717, 1.165) is 87.9 Å². The SMILES string of the molecule is CC(C)(C)c1ccc(-c2c(-n3c4ccccc4c4ccccc43)c(C#N)c(-n3c4ccc(C(C)(C)C)cc4c4cc(C(C)(C)C)ccc43)c(C#N)c2-n2c3ccccc3c3ccccc32)cc1. The highest BCUT2D eigenvalue weighted by Crippen LogP contribution is 2.49. The fourth-order valence-corrected chi connectivity index (χ4v) is 10.5. The number of para-hydroxylation sites is 4. The van der Waals surface area contributed by atoms with Crippen molar-refractivity contribution < 1.29 is 0 Å². The van der Waals surface area contributed by atoms with Crippen LogP contribution in [0.1, 0.15) is 90.1 Å². The molecule has 8 aromatic carbocycles. The molecule has 11 rings (SSSR count). The van der Waals surface area contributed by atoms with E-state index in [9.17, 15) is 10.5 Å². The predicted octanol–water partition coefficient (Wildman–Crippen LogP) is 16.3. The summed E-state index contributed by atoms with van der Waals surface area (Å²) >= 11 is 0. The second-order valence-corrected chi connectivity index (χ2v) is 21.3. The molecule has 0 radical (unpaired) electrons. The zero-order valence-corrected chi connectivity index (χ0v) is 39.7. The maximum Gasteiger partial charge on any atom is 0.104 e. The summed E-state index contributed by atoms with van der Waals surface area (Å²) in [6.45, 7) is 20.2. The lowest BCUT2D eigenvalue weighted by Gasteiger charge is -2.27. The van der Waals surface area contributed by atoms with Crippen LogP contribution < -0.4 is 0 Å². The number of hydrogen-bond donors (Lipinski definition) is 0. The highest BCUT2D eigenvalue weighted by molar-refractivity contribution is 6.15. The van der Waals surface area contributed by atoms with Gasteiger partial charge in [0.1, 0.15) is 23.3 Å². The van der Waals surface area contributed by atoms with Gasteiger partial charge in [-0.05, 0) is 87.0 Å². The third kappa shape index (κ3) is 6.33. The van der Waals surface area contributed by atoms with Gasteiger partial charge in [0.05, 0.1) is 50.2 Å². The first-order valence-electron chi connectivity index (χ1n) is 23.3. The van der Waals surface area contributed by atoms with Gasteiger partial charge < -0.3 is 13.7 Å². The zero-order valence-electron chi connectivity index (χ0n) is 39.7. The smallest absolute Gasteiger partial charge is 0.104 e. The van der Waals surface area contributed by atoms with Crippen molar-refractivity contribution in [2.24, 2.45) is 0 Å². The maximum absolute atomic E-state index is 12.2. The fraction of sp³-hybridized carbons (Fsp3) is 0.194. The standard InChI is InChI=1S/C62H53N5/c1-60(2,3)39-28-26-38(27-29-39)56-58(66-50-22-14-10-18-42(50)43-19-11-15-23-51(43)66)48(36-63)57(49(37-64)59(56)67-52-24-16-12-20-44(52)45-21-13-17-25-53(45)67)65-54-32-30-40(61(4,5)6)34-46(54)47-35-41(62(7,8)9)31-33-55(47)65/h10-35H,1-9H3. The molecule has 326 valence electrons. The van der Waals surface area contributed by atoms with E-state index in [4.69, 9.17) is 0 Å². The van der Waals surface area contributed by atoms with E-state index in [1.165, 1.54) is 16.7 Å². The quantitative estimate of drug-likeness (QED) is 0.177. The van der Waals surface area contributed by atoms with E-state index in [1.807, 2.05) is 0 Å². The number of nitrogens with zero attached hydrogens (tertiary/aromatic N) is 5. The molecular weight excluding hydrogens is 815 g/mol. The van der Waals surface area contributed by atoms with Crippen LogP contribution in [0.4, 0.5) is 0 Å². The summed E-state index contributed by atoms with van der Waals surface area (Å²) < 4.78 is 6.81. The first kappa shape index (κ1) is 41.8. The Kier molecular flexibility index (Phi) is 9.26. The number of fused-ring (bicyclic) bond motifs is 9. The van der Waals surface area contributed by atoms with Gasteiger partial charge >= 0.3 is 0 Å². The van der Waals surface area contributed by atoms with Crippen LogP contribution in [0, 0.1) is 22.7 Å². The van der Waals surface area contributed by atoms with Crippen molar-refractivity contribution in [2.45, 2.75) is 78.6 Å². The molecule has 0 atom stereocenters. The molecule has 0 N–H and O–H groups in total. The number of rotatable bonds is 4. The van der Waals surface area contributed by atoms with Gasteiger partial charge in [-0.3, -0.25) is 0 Å². The van der Waals surface area contributed by atoms with Gasteiger partial charge in [0.25, 0.3) is 0 Å². The molecule has 0 aliphatic rings. The lowest BCUT2D eigenvalue weighted by atomic mass is 9.85. The molecule has 5 heteroatoms. The normalized spacial score (nSPS) is 12.5. The molecule has 3 heterocycles. The summed E-state index contributed by atoms with van der Waals surface area (Å²) in [5.41, 5.74) is 13.6. The molecule has 0 spiro atoms. The summed E-state index contributed by atoms with van der Waals surface area (Å²) in [5.74, 6) is 0. The molecule has 0 bridgehead atoms. The monoisotopic (exact) mass is 867 g/mol. The topological polar surface area (TPSA) is 62.4 Å². The van der Waals surface area contributed by atoms with Gasteiger partial charge in [-0.1, -0.05) is 172 Å². The van der Waals surface area contributed by atoms with E-state index in [0.29, 0.717) is 16.8 Å². The van der Waals surface area contributed by atoms with Gasteiger partial charge in [0.2, 0.25) is 0 Å². The highest BCUT2D eigenvalue weighted by atomic mass is 15.1. The summed E-state index contributed by atoms with van der Waals surface area (Å²) in [7, 11) is 0. The van der Waals surface area contributed by atoms with E-state index >= 15 is 0 Å². The number of hydrogen-bond acceptors (Lipinski definition) is 2. The second kappa shape index (κ2) is 14.8. The molecule has 0 unspecified atom stereocenters. The van der Waals surface area contributed by atoms with Crippen LogP contribution >= 0.6 is 0 Å². The second-order valence-electron chi connectivity index (χ2n) is 21.3. The van der Waals surface area contributed by atoms with Gasteiger partial charge in [-0.15, -0.1) is 0 Å². The van der Waals surface area contributed by atoms with Crippen molar-refractivity contribution in [1.29, 1.82) is 10.5 Å². The van der Waals surface area contributed by atoms with Crippen molar-refractivity contribution in [3.63, 3.8) is 0 Å². The third-order valence-electron chi connectivity index (χ3n) is 14.0. The Morgan fingerprint density at radius 2 is 0.627 bits per heavy atom. The Labute approximate surface area is 392 Å². The lowest BCUT2D eigenvalue weighted by Crippen LogP contribution is -2.14. The molecular formula is C62H53N5. The average molecular weight is 868 g/mol. The molecule has 0 saturated heterocycles. The number of aromatic nitrogens is 3. The first-order valence-corrected chi connectivity index (χ1v) is 23.3. The predicted molar refractivity (Wildman–Crippen MR) is 280 cm³/mol. The minimum Gasteiger partial charge on any atom is -0.307 e. The molecule has 67 heavy (non-hydrogen) atoms. The number of nitriles is 2. The Bertz CT molecular complexity index is 3600. The maximum atomic E-state index is 12.2. The zero-order chi connectivity index (χ0) is 46.7. The molecule has 5 nitrogen and oxygen atoms in total. The molecule has 0 aliphatic heterocycles. The largest absolute Gasteiger partial charge is 0.307 e. The Morgan fingerprint density at radius 1 is 0.328 bits per heavy atom. The van der Waals surface area contributed by atoms with Crippen molar-refractivity contribution in [3.8, 4) is 40.3 Å². The summed E-state index contributed by atoms with van der Waals surface area (Å²) in [6.07, 6.45) is 0. The minimum absolute atomic E-state index is 0.0976. The molecule has 11 aromatic rings. The molecule has 0 fully saturated rings. The third-order valence-corrected chi connectivity index (χ3v) is 14.0. The van der Waals surface area contributed by atoms with Crippen molar-refractivity contribution in [3.05, 3.63) is 186 Å².